The molecule has 0 aliphatic rings. The summed E-state index contributed by atoms with van der Waals surface area (Å²) in [5.74, 6) is 0. The number of hydrogen-bond donors (Lipinski definition) is 1. The van der Waals surface area contributed by atoms with E-state index in [9.17, 15) is 5.11 Å². The Morgan fingerprint density at radius 3 is 0.766 bits per heavy atom. The first kappa shape index (κ1) is 46.4. The number of methoxy groups -OCH3 is 9. The van der Waals surface area contributed by atoms with Crippen LogP contribution in [-0.2, 0) is 61.6 Å². The van der Waals surface area contributed by atoms with Crippen LogP contribution in [0.5, 0.6) is 0 Å². The molecule has 0 aliphatic heterocycles. The summed E-state index contributed by atoms with van der Waals surface area (Å²) < 4.78 is 75.6. The van der Waals surface area contributed by atoms with Crippen LogP contribution in [0, 0.1) is 21.7 Å². The lowest BCUT2D eigenvalue weighted by atomic mass is 9.89. The monoisotopic (exact) mass is 688 g/mol. The van der Waals surface area contributed by atoms with Gasteiger partial charge in [0.15, 0.2) is 0 Å². The minimum Gasteiger partial charge on any atom is -0.396 e. The summed E-state index contributed by atoms with van der Waals surface area (Å²) in [6, 6.07) is 0. The van der Waals surface area contributed by atoms with Crippen molar-refractivity contribution in [1.29, 1.82) is 0 Å². The molecule has 0 amide bonds. The van der Waals surface area contributed by atoms with Gasteiger partial charge in [0, 0.05) is 70.6 Å². The second kappa shape index (κ2) is 27.2. The predicted octanol–water partition coefficient (Wildman–Crippen LogP) is 1.59. The molecule has 0 fully saturated rings. The Labute approximate surface area is 284 Å². The van der Waals surface area contributed by atoms with Gasteiger partial charge in [-0.15, -0.1) is 0 Å². The Kier molecular flexibility index (Phi) is 26.9. The highest BCUT2D eigenvalue weighted by Gasteiger charge is 2.40. The van der Waals surface area contributed by atoms with Gasteiger partial charge in [-0.25, -0.2) is 0 Å². The third kappa shape index (κ3) is 18.3. The van der Waals surface area contributed by atoms with E-state index in [1.807, 2.05) is 6.92 Å². The zero-order chi connectivity index (χ0) is 35.5. The number of rotatable bonds is 35. The van der Waals surface area contributed by atoms with Crippen molar-refractivity contribution in [2.75, 3.05) is 176 Å². The fourth-order valence-corrected chi connectivity index (χ4v) is 5.79. The zero-order valence-electron chi connectivity index (χ0n) is 31.1. The zero-order valence-corrected chi connectivity index (χ0v) is 31.1. The van der Waals surface area contributed by atoms with Crippen LogP contribution in [0.2, 0.25) is 0 Å². The van der Waals surface area contributed by atoms with Crippen molar-refractivity contribution < 1.29 is 66.7 Å². The lowest BCUT2D eigenvalue weighted by molar-refractivity contribution is -0.164. The molecule has 14 heteroatoms. The van der Waals surface area contributed by atoms with Gasteiger partial charge >= 0.3 is 0 Å². The maximum Gasteiger partial charge on any atom is 0.0638 e. The molecule has 0 aromatic carbocycles. The summed E-state index contributed by atoms with van der Waals surface area (Å²) in [7, 11) is 14.8. The molecule has 0 rings (SSSR count). The first-order valence-corrected chi connectivity index (χ1v) is 16.0. The molecule has 0 aliphatic carbocycles. The Hall–Kier alpha value is -0.560. The third-order valence-corrected chi connectivity index (χ3v) is 7.71. The molecule has 0 saturated carbocycles. The average Bonchev–Trinajstić information content (AvgIpc) is 3.01. The van der Waals surface area contributed by atoms with Crippen molar-refractivity contribution in [3.05, 3.63) is 0 Å². The summed E-state index contributed by atoms with van der Waals surface area (Å²) in [5, 5.41) is 9.55. The standard InChI is InChI=1S/C33H68O14/c1-29(11-12-34)47-28-33(25-44-22-30(13-35-2,14-36-3)15-37-4,26-45-23-31(16-38-5,17-39-6)18-40-7)27-46-24-32(19-41-8,20-42-9)21-43-10/h29,34H,11-28H2,1-10H3. The number of aliphatic hydroxyl groups is 1. The summed E-state index contributed by atoms with van der Waals surface area (Å²) in [6.45, 7) is 7.06. The van der Waals surface area contributed by atoms with E-state index < -0.39 is 21.7 Å². The van der Waals surface area contributed by atoms with Crippen molar-refractivity contribution in [3.63, 3.8) is 0 Å². The van der Waals surface area contributed by atoms with Gasteiger partial charge in [0.2, 0.25) is 0 Å². The van der Waals surface area contributed by atoms with Crippen molar-refractivity contribution in [3.8, 4) is 0 Å². The van der Waals surface area contributed by atoms with Gasteiger partial charge in [-0.1, -0.05) is 0 Å². The second-order valence-corrected chi connectivity index (χ2v) is 13.0. The van der Waals surface area contributed by atoms with Gasteiger partial charge in [-0.2, -0.15) is 0 Å². The van der Waals surface area contributed by atoms with Gasteiger partial charge in [-0.05, 0) is 13.3 Å². The molecule has 14 nitrogen and oxygen atoms in total. The van der Waals surface area contributed by atoms with Crippen LogP contribution in [0.25, 0.3) is 0 Å². The van der Waals surface area contributed by atoms with Crippen LogP contribution < -0.4 is 0 Å². The van der Waals surface area contributed by atoms with Crippen LogP contribution in [0.1, 0.15) is 13.3 Å². The summed E-state index contributed by atoms with van der Waals surface area (Å²) in [4.78, 5) is 0. The Balaban J connectivity index is 6.48. The lowest BCUT2D eigenvalue weighted by Gasteiger charge is -2.39. The first-order chi connectivity index (χ1) is 22.6. The van der Waals surface area contributed by atoms with Crippen LogP contribution >= 0.6 is 0 Å². The number of aliphatic hydroxyl groups excluding tert-OH is 1. The lowest BCUT2D eigenvalue weighted by Crippen LogP contribution is -2.48. The third-order valence-electron chi connectivity index (χ3n) is 7.71. The van der Waals surface area contributed by atoms with Gasteiger partial charge in [-0.3, -0.25) is 0 Å². The van der Waals surface area contributed by atoms with Crippen molar-refractivity contribution in [1.82, 2.24) is 0 Å². The number of ether oxygens (including phenoxy) is 13. The normalized spacial score (nSPS) is 13.9. The maximum atomic E-state index is 9.55. The number of hydrogen-bond acceptors (Lipinski definition) is 14. The molecule has 1 unspecified atom stereocenters. The van der Waals surface area contributed by atoms with Crippen molar-refractivity contribution in [2.24, 2.45) is 21.7 Å². The topological polar surface area (TPSA) is 140 Å². The van der Waals surface area contributed by atoms with E-state index in [4.69, 9.17) is 61.6 Å². The molecular weight excluding hydrogens is 620 g/mol. The highest BCUT2D eigenvalue weighted by atomic mass is 16.5. The molecule has 0 aromatic rings. The molecule has 0 radical (unpaired) electrons. The van der Waals surface area contributed by atoms with E-state index in [0.29, 0.717) is 85.7 Å². The fourth-order valence-electron chi connectivity index (χ4n) is 5.79. The highest BCUT2D eigenvalue weighted by molar-refractivity contribution is 4.86. The highest BCUT2D eigenvalue weighted by Crippen LogP contribution is 2.29. The van der Waals surface area contributed by atoms with Gasteiger partial charge in [0.25, 0.3) is 0 Å². The van der Waals surface area contributed by atoms with Crippen molar-refractivity contribution >= 4 is 0 Å². The SMILES string of the molecule is COCC(COC)(COC)COCC(COCC(COC)(COC)COC)(COCC(COC)(COC)COC)COC(C)CCO. The van der Waals surface area contributed by atoms with E-state index in [2.05, 4.69) is 0 Å². The van der Waals surface area contributed by atoms with E-state index in [-0.39, 0.29) is 39.1 Å². The van der Waals surface area contributed by atoms with E-state index >= 15 is 0 Å². The fraction of sp³-hybridized carbons (Fsp3) is 1.00. The molecular formula is C33H68O14. The largest absolute Gasteiger partial charge is 0.396 e. The maximum absolute atomic E-state index is 9.55. The van der Waals surface area contributed by atoms with Gasteiger partial charge < -0.3 is 66.7 Å². The molecule has 1 N–H and O–H groups in total. The van der Waals surface area contributed by atoms with Gasteiger partial charge in [0.05, 0.1) is 133 Å². The Bertz CT molecular complexity index is 583. The molecule has 0 bridgehead atoms. The van der Waals surface area contributed by atoms with E-state index in [1.54, 1.807) is 64.0 Å². The molecule has 0 spiro atoms. The second-order valence-electron chi connectivity index (χ2n) is 13.0. The van der Waals surface area contributed by atoms with E-state index in [1.165, 1.54) is 0 Å². The smallest absolute Gasteiger partial charge is 0.0638 e. The van der Waals surface area contributed by atoms with Crippen LogP contribution in [0.15, 0.2) is 0 Å². The molecule has 1 atom stereocenters. The molecule has 47 heavy (non-hydrogen) atoms. The van der Waals surface area contributed by atoms with Crippen LogP contribution in [-0.4, -0.2) is 188 Å². The summed E-state index contributed by atoms with van der Waals surface area (Å²) >= 11 is 0. The first-order valence-electron chi connectivity index (χ1n) is 16.0. The van der Waals surface area contributed by atoms with E-state index in [0.717, 1.165) is 0 Å². The Morgan fingerprint density at radius 2 is 0.574 bits per heavy atom. The molecule has 0 saturated heterocycles. The average molecular weight is 689 g/mol. The van der Waals surface area contributed by atoms with Crippen LogP contribution in [0.3, 0.4) is 0 Å². The molecule has 284 valence electrons. The van der Waals surface area contributed by atoms with Gasteiger partial charge in [0.1, 0.15) is 0 Å². The van der Waals surface area contributed by atoms with Crippen molar-refractivity contribution in [2.45, 2.75) is 19.4 Å². The van der Waals surface area contributed by atoms with Crippen LogP contribution in [0.4, 0.5) is 0 Å². The predicted molar refractivity (Wildman–Crippen MR) is 176 cm³/mol. The minimum atomic E-state index is -0.777. The molecule has 0 heterocycles. The quantitative estimate of drug-likeness (QED) is 0.103. The molecule has 0 aromatic heterocycles. The summed E-state index contributed by atoms with van der Waals surface area (Å²) in [6.07, 6.45) is 0.271. The summed E-state index contributed by atoms with van der Waals surface area (Å²) in [5.41, 5.74) is -2.38. The minimum absolute atomic E-state index is 0.00634. The Morgan fingerprint density at radius 1 is 0.362 bits per heavy atom.